The van der Waals surface area contributed by atoms with Gasteiger partial charge in [0.05, 0.1) is 0 Å². The summed E-state index contributed by atoms with van der Waals surface area (Å²) in [7, 11) is 0. The second kappa shape index (κ2) is 5.71. The Balaban J connectivity index is 3.37. The number of rotatable bonds is 4. The van der Waals surface area contributed by atoms with Gasteiger partial charge in [-0.25, -0.2) is 0 Å². The normalized spacial score (nSPS) is 11.9. The van der Waals surface area contributed by atoms with Crippen molar-refractivity contribution in [2.45, 2.75) is 34.1 Å². The third-order valence-electron chi connectivity index (χ3n) is 2.41. The van der Waals surface area contributed by atoms with Gasteiger partial charge in [-0.1, -0.05) is 0 Å². The van der Waals surface area contributed by atoms with Gasteiger partial charge in [0, 0.05) is 20.2 Å². The maximum atomic E-state index is 6.17. The topological polar surface area (TPSA) is 26.0 Å². The molecule has 16 heavy (non-hydrogen) atoms. The van der Waals surface area contributed by atoms with Gasteiger partial charge in [-0.05, 0) is 50.3 Å². The molecule has 0 unspecified atom stereocenters. The molecule has 1 rings (SSSR count). The van der Waals surface area contributed by atoms with Gasteiger partial charge in [-0.15, -0.1) is 35.3 Å². The standard InChI is InChI=1S/C12H19NS3/c1-12(2,13)8-6-9(14-3)11(16-5)10(7-8)15-4/h6-7H,13H2,1-5H3. The van der Waals surface area contributed by atoms with Crippen molar-refractivity contribution in [2.24, 2.45) is 5.73 Å². The summed E-state index contributed by atoms with van der Waals surface area (Å²) in [5.41, 5.74) is 7.11. The average molecular weight is 273 g/mol. The molecule has 1 aromatic carbocycles. The number of thioether (sulfide) groups is 3. The van der Waals surface area contributed by atoms with Gasteiger partial charge in [-0.3, -0.25) is 0 Å². The lowest BCUT2D eigenvalue weighted by molar-refractivity contribution is 0.550. The van der Waals surface area contributed by atoms with E-state index in [1.165, 1.54) is 20.2 Å². The molecule has 0 bridgehead atoms. The first kappa shape index (κ1) is 14.3. The summed E-state index contributed by atoms with van der Waals surface area (Å²) in [6, 6.07) is 4.44. The monoisotopic (exact) mass is 273 g/mol. The van der Waals surface area contributed by atoms with Gasteiger partial charge >= 0.3 is 0 Å². The predicted molar refractivity (Wildman–Crippen MR) is 79.0 cm³/mol. The number of nitrogens with two attached hydrogens (primary N) is 1. The SMILES string of the molecule is CSc1cc(C(C)(C)N)cc(SC)c1SC. The van der Waals surface area contributed by atoms with Crippen LogP contribution in [0.4, 0.5) is 0 Å². The van der Waals surface area contributed by atoms with Crippen molar-refractivity contribution in [3.63, 3.8) is 0 Å². The lowest BCUT2D eigenvalue weighted by atomic mass is 9.96. The van der Waals surface area contributed by atoms with E-state index in [2.05, 4.69) is 44.7 Å². The smallest absolute Gasteiger partial charge is 0.0353 e. The molecule has 0 radical (unpaired) electrons. The quantitative estimate of drug-likeness (QED) is 0.837. The molecule has 0 aliphatic rings. The van der Waals surface area contributed by atoms with Crippen molar-refractivity contribution in [3.05, 3.63) is 17.7 Å². The summed E-state index contributed by atoms with van der Waals surface area (Å²) in [5.74, 6) is 0. The minimum Gasteiger partial charge on any atom is -0.322 e. The van der Waals surface area contributed by atoms with Crippen molar-refractivity contribution >= 4 is 35.3 Å². The summed E-state index contributed by atoms with van der Waals surface area (Å²) < 4.78 is 0. The fourth-order valence-corrected chi connectivity index (χ4v) is 4.12. The van der Waals surface area contributed by atoms with E-state index in [4.69, 9.17) is 5.73 Å². The van der Waals surface area contributed by atoms with Crippen molar-refractivity contribution in [1.29, 1.82) is 0 Å². The first-order valence-electron chi connectivity index (χ1n) is 5.03. The van der Waals surface area contributed by atoms with Crippen LogP contribution in [-0.2, 0) is 5.54 Å². The largest absolute Gasteiger partial charge is 0.322 e. The fraction of sp³-hybridized carbons (Fsp3) is 0.500. The molecule has 0 atom stereocenters. The minimum atomic E-state index is -0.272. The van der Waals surface area contributed by atoms with Crippen molar-refractivity contribution in [3.8, 4) is 0 Å². The highest BCUT2D eigenvalue weighted by atomic mass is 32.2. The van der Waals surface area contributed by atoms with E-state index in [-0.39, 0.29) is 5.54 Å². The third kappa shape index (κ3) is 3.13. The van der Waals surface area contributed by atoms with E-state index in [1.54, 1.807) is 23.5 Å². The van der Waals surface area contributed by atoms with Crippen LogP contribution >= 0.6 is 35.3 Å². The number of hydrogen-bond donors (Lipinski definition) is 1. The summed E-state index contributed by atoms with van der Waals surface area (Å²) in [4.78, 5) is 4.02. The molecule has 90 valence electrons. The molecule has 0 heterocycles. The van der Waals surface area contributed by atoms with E-state index < -0.39 is 0 Å². The molecule has 4 heteroatoms. The van der Waals surface area contributed by atoms with Crippen LogP contribution in [0.1, 0.15) is 19.4 Å². The Morgan fingerprint density at radius 2 is 1.38 bits per heavy atom. The number of hydrogen-bond acceptors (Lipinski definition) is 4. The molecule has 0 saturated heterocycles. The molecular weight excluding hydrogens is 254 g/mol. The Hall–Kier alpha value is 0.230. The van der Waals surface area contributed by atoms with Crippen LogP contribution in [0.3, 0.4) is 0 Å². The average Bonchev–Trinajstić information content (AvgIpc) is 2.25. The molecule has 0 aliphatic carbocycles. The molecule has 0 spiro atoms. The highest BCUT2D eigenvalue weighted by molar-refractivity contribution is 8.03. The number of benzene rings is 1. The predicted octanol–water partition coefficient (Wildman–Crippen LogP) is 4.05. The Labute approximate surface area is 111 Å². The van der Waals surface area contributed by atoms with Crippen LogP contribution in [0.15, 0.2) is 26.8 Å². The second-order valence-corrected chi connectivity index (χ2v) is 6.65. The molecule has 0 aromatic heterocycles. The summed E-state index contributed by atoms with van der Waals surface area (Å²) in [6.07, 6.45) is 6.36. The van der Waals surface area contributed by atoms with Gasteiger partial charge in [0.15, 0.2) is 0 Å². The van der Waals surface area contributed by atoms with Gasteiger partial charge in [0.1, 0.15) is 0 Å². The third-order valence-corrected chi connectivity index (χ3v) is 5.04. The van der Waals surface area contributed by atoms with Crippen LogP contribution in [0.25, 0.3) is 0 Å². The van der Waals surface area contributed by atoms with Crippen LogP contribution in [0.2, 0.25) is 0 Å². The zero-order chi connectivity index (χ0) is 12.3. The van der Waals surface area contributed by atoms with E-state index >= 15 is 0 Å². The van der Waals surface area contributed by atoms with Gasteiger partial charge < -0.3 is 5.73 Å². The molecular formula is C12H19NS3. The molecule has 2 N–H and O–H groups in total. The van der Waals surface area contributed by atoms with E-state index in [0.717, 1.165) is 0 Å². The maximum absolute atomic E-state index is 6.17. The van der Waals surface area contributed by atoms with Crippen molar-refractivity contribution < 1.29 is 0 Å². The first-order chi connectivity index (χ1) is 7.43. The zero-order valence-electron chi connectivity index (χ0n) is 10.5. The fourth-order valence-electron chi connectivity index (χ4n) is 1.45. The molecule has 0 amide bonds. The lowest BCUT2D eigenvalue weighted by Gasteiger charge is -2.22. The van der Waals surface area contributed by atoms with Gasteiger partial charge in [0.2, 0.25) is 0 Å². The van der Waals surface area contributed by atoms with Crippen LogP contribution in [0.5, 0.6) is 0 Å². The van der Waals surface area contributed by atoms with Crippen LogP contribution in [-0.4, -0.2) is 18.8 Å². The Bertz CT molecular complexity index is 344. The highest BCUT2D eigenvalue weighted by Crippen LogP contribution is 2.38. The van der Waals surface area contributed by atoms with Crippen LogP contribution < -0.4 is 5.73 Å². The van der Waals surface area contributed by atoms with E-state index in [1.807, 2.05) is 11.8 Å². The molecule has 0 saturated carbocycles. The summed E-state index contributed by atoms with van der Waals surface area (Å²) in [5, 5.41) is 0. The van der Waals surface area contributed by atoms with E-state index in [0.29, 0.717) is 0 Å². The highest BCUT2D eigenvalue weighted by Gasteiger charge is 2.18. The Morgan fingerprint density at radius 1 is 0.938 bits per heavy atom. The Kier molecular flexibility index (Phi) is 5.10. The van der Waals surface area contributed by atoms with E-state index in [9.17, 15) is 0 Å². The summed E-state index contributed by atoms with van der Waals surface area (Å²) >= 11 is 5.39. The minimum absolute atomic E-state index is 0.272. The van der Waals surface area contributed by atoms with Crippen molar-refractivity contribution in [2.75, 3.05) is 18.8 Å². The van der Waals surface area contributed by atoms with Crippen molar-refractivity contribution in [1.82, 2.24) is 0 Å². The molecule has 1 aromatic rings. The maximum Gasteiger partial charge on any atom is 0.0353 e. The zero-order valence-corrected chi connectivity index (χ0v) is 12.9. The molecule has 0 fully saturated rings. The summed E-state index contributed by atoms with van der Waals surface area (Å²) in [6.45, 7) is 4.10. The van der Waals surface area contributed by atoms with Crippen LogP contribution in [0, 0.1) is 0 Å². The molecule has 1 nitrogen and oxygen atoms in total. The molecule has 0 aliphatic heterocycles. The Morgan fingerprint density at radius 3 is 1.62 bits per heavy atom. The van der Waals surface area contributed by atoms with Gasteiger partial charge in [-0.2, -0.15) is 0 Å². The van der Waals surface area contributed by atoms with Gasteiger partial charge in [0.25, 0.3) is 0 Å². The second-order valence-electron chi connectivity index (χ2n) is 4.14. The first-order valence-corrected chi connectivity index (χ1v) is 8.70. The lowest BCUT2D eigenvalue weighted by Crippen LogP contribution is -2.28.